The van der Waals surface area contributed by atoms with E-state index in [0.717, 1.165) is 62.5 Å². The summed E-state index contributed by atoms with van der Waals surface area (Å²) in [4.78, 5) is 9.33. The zero-order valence-electron chi connectivity index (χ0n) is 11.1. The lowest BCUT2D eigenvalue weighted by Crippen LogP contribution is -2.47. The molecule has 0 radical (unpaired) electrons. The van der Waals surface area contributed by atoms with Crippen molar-refractivity contribution in [2.75, 3.05) is 44.2 Å². The summed E-state index contributed by atoms with van der Waals surface area (Å²) in [6, 6.07) is 3.91. The number of furan rings is 1. The summed E-state index contributed by atoms with van der Waals surface area (Å²) in [5.74, 6) is 1.05. The molecule has 5 heteroatoms. The van der Waals surface area contributed by atoms with E-state index in [4.69, 9.17) is 10.2 Å². The molecule has 1 fully saturated rings. The van der Waals surface area contributed by atoms with Crippen molar-refractivity contribution in [2.45, 2.75) is 6.42 Å². The van der Waals surface area contributed by atoms with Crippen LogP contribution in [0, 0.1) is 0 Å². The molecule has 0 amide bonds. The summed E-state index contributed by atoms with van der Waals surface area (Å²) in [5, 5.41) is 1.11. The van der Waals surface area contributed by atoms with Crippen LogP contribution in [0.4, 0.5) is 5.82 Å². The topological polar surface area (TPSA) is 58.5 Å². The Labute approximate surface area is 113 Å². The lowest BCUT2D eigenvalue weighted by Gasteiger charge is -2.35. The molecule has 102 valence electrons. The van der Waals surface area contributed by atoms with Gasteiger partial charge in [0.05, 0.1) is 11.6 Å². The SMILES string of the molecule is NCCCN1CCN(c2nccc3occc23)CC1. The first-order valence-corrected chi connectivity index (χ1v) is 6.88. The Balaban J connectivity index is 1.69. The molecule has 0 aromatic carbocycles. The second-order valence-corrected chi connectivity index (χ2v) is 4.94. The highest BCUT2D eigenvalue weighted by molar-refractivity contribution is 5.88. The van der Waals surface area contributed by atoms with Crippen molar-refractivity contribution in [1.29, 1.82) is 0 Å². The highest BCUT2D eigenvalue weighted by Gasteiger charge is 2.19. The number of pyridine rings is 1. The molecule has 0 unspecified atom stereocenters. The Morgan fingerprint density at radius 1 is 1.21 bits per heavy atom. The molecule has 0 bridgehead atoms. The number of nitrogens with two attached hydrogens (primary N) is 1. The predicted molar refractivity (Wildman–Crippen MR) is 76.3 cm³/mol. The molecule has 2 aromatic heterocycles. The van der Waals surface area contributed by atoms with Crippen molar-refractivity contribution in [2.24, 2.45) is 5.73 Å². The Hall–Kier alpha value is -1.59. The van der Waals surface area contributed by atoms with Crippen LogP contribution >= 0.6 is 0 Å². The van der Waals surface area contributed by atoms with Gasteiger partial charge in [-0.2, -0.15) is 0 Å². The van der Waals surface area contributed by atoms with E-state index in [1.165, 1.54) is 0 Å². The molecule has 2 N–H and O–H groups in total. The molecule has 1 aliphatic heterocycles. The first kappa shape index (κ1) is 12.4. The third kappa shape index (κ3) is 2.57. The minimum atomic E-state index is 0.774. The monoisotopic (exact) mass is 260 g/mol. The largest absolute Gasteiger partial charge is 0.464 e. The van der Waals surface area contributed by atoms with Crippen LogP contribution in [0.25, 0.3) is 11.0 Å². The van der Waals surface area contributed by atoms with Gasteiger partial charge in [-0.3, -0.25) is 4.90 Å². The van der Waals surface area contributed by atoms with Crippen LogP contribution in [-0.2, 0) is 0 Å². The Morgan fingerprint density at radius 3 is 2.84 bits per heavy atom. The van der Waals surface area contributed by atoms with Crippen molar-refractivity contribution < 1.29 is 4.42 Å². The van der Waals surface area contributed by atoms with Gasteiger partial charge in [0.2, 0.25) is 0 Å². The number of piperazine rings is 1. The van der Waals surface area contributed by atoms with Gasteiger partial charge in [-0.25, -0.2) is 4.98 Å². The maximum absolute atomic E-state index is 5.56. The summed E-state index contributed by atoms with van der Waals surface area (Å²) in [6.45, 7) is 6.07. The molecule has 19 heavy (non-hydrogen) atoms. The van der Waals surface area contributed by atoms with Gasteiger partial charge in [0, 0.05) is 32.4 Å². The fraction of sp³-hybridized carbons (Fsp3) is 0.500. The number of hydrogen-bond acceptors (Lipinski definition) is 5. The van der Waals surface area contributed by atoms with Crippen LogP contribution in [0.3, 0.4) is 0 Å². The van der Waals surface area contributed by atoms with Crippen molar-refractivity contribution in [3.8, 4) is 0 Å². The van der Waals surface area contributed by atoms with E-state index in [2.05, 4.69) is 14.8 Å². The van der Waals surface area contributed by atoms with E-state index in [-0.39, 0.29) is 0 Å². The zero-order valence-corrected chi connectivity index (χ0v) is 11.1. The summed E-state index contributed by atoms with van der Waals surface area (Å²) in [6.07, 6.45) is 4.63. The number of aromatic nitrogens is 1. The van der Waals surface area contributed by atoms with E-state index in [9.17, 15) is 0 Å². The second-order valence-electron chi connectivity index (χ2n) is 4.94. The van der Waals surface area contributed by atoms with Crippen LogP contribution in [0.5, 0.6) is 0 Å². The Morgan fingerprint density at radius 2 is 2.05 bits per heavy atom. The third-order valence-corrected chi connectivity index (χ3v) is 3.71. The number of fused-ring (bicyclic) bond motifs is 1. The molecule has 3 rings (SSSR count). The van der Waals surface area contributed by atoms with Gasteiger partial charge in [0.25, 0.3) is 0 Å². The number of anilines is 1. The summed E-state index contributed by atoms with van der Waals surface area (Å²) >= 11 is 0. The Kier molecular flexibility index (Phi) is 3.66. The van der Waals surface area contributed by atoms with Crippen LogP contribution in [0.2, 0.25) is 0 Å². The van der Waals surface area contributed by atoms with Gasteiger partial charge >= 0.3 is 0 Å². The van der Waals surface area contributed by atoms with E-state index in [1.54, 1.807) is 6.26 Å². The van der Waals surface area contributed by atoms with E-state index < -0.39 is 0 Å². The summed E-state index contributed by atoms with van der Waals surface area (Å²) in [5.41, 5.74) is 6.47. The Bertz CT molecular complexity index is 531. The van der Waals surface area contributed by atoms with Gasteiger partial charge in [-0.05, 0) is 31.6 Å². The zero-order chi connectivity index (χ0) is 13.1. The molecule has 0 atom stereocenters. The van der Waals surface area contributed by atoms with Crippen molar-refractivity contribution in [3.05, 3.63) is 24.6 Å². The molecule has 3 heterocycles. The minimum Gasteiger partial charge on any atom is -0.464 e. The van der Waals surface area contributed by atoms with Gasteiger partial charge in [-0.1, -0.05) is 0 Å². The maximum atomic E-state index is 5.56. The highest BCUT2D eigenvalue weighted by atomic mass is 16.3. The van der Waals surface area contributed by atoms with E-state index in [0.29, 0.717) is 0 Å². The predicted octanol–water partition coefficient (Wildman–Crippen LogP) is 1.30. The lowest BCUT2D eigenvalue weighted by molar-refractivity contribution is 0.256. The first-order valence-electron chi connectivity index (χ1n) is 6.88. The fourth-order valence-corrected chi connectivity index (χ4v) is 2.63. The average Bonchev–Trinajstić information content (AvgIpc) is 2.94. The molecule has 0 saturated carbocycles. The second kappa shape index (κ2) is 5.59. The molecule has 0 aliphatic carbocycles. The van der Waals surface area contributed by atoms with Gasteiger partial charge in [-0.15, -0.1) is 0 Å². The van der Waals surface area contributed by atoms with Crippen molar-refractivity contribution >= 4 is 16.8 Å². The molecule has 5 nitrogen and oxygen atoms in total. The first-order chi connectivity index (χ1) is 9.38. The minimum absolute atomic E-state index is 0.774. The quantitative estimate of drug-likeness (QED) is 0.898. The molecule has 1 aliphatic rings. The standard InChI is InChI=1S/C14H20N4O/c15-4-1-6-17-7-9-18(10-8-17)14-12-3-11-19-13(12)2-5-16-14/h2-3,5,11H,1,4,6-10,15H2. The average molecular weight is 260 g/mol. The molecular formula is C14H20N4O. The number of rotatable bonds is 4. The number of hydrogen-bond donors (Lipinski definition) is 1. The molecule has 1 saturated heterocycles. The third-order valence-electron chi connectivity index (χ3n) is 3.71. The van der Waals surface area contributed by atoms with Gasteiger partial charge in [0.1, 0.15) is 11.4 Å². The maximum Gasteiger partial charge on any atom is 0.139 e. The van der Waals surface area contributed by atoms with Crippen LogP contribution < -0.4 is 10.6 Å². The van der Waals surface area contributed by atoms with Crippen LogP contribution in [0.15, 0.2) is 29.0 Å². The van der Waals surface area contributed by atoms with Crippen LogP contribution in [-0.4, -0.2) is 49.2 Å². The molecule has 0 spiro atoms. The van der Waals surface area contributed by atoms with Crippen LogP contribution in [0.1, 0.15) is 6.42 Å². The summed E-state index contributed by atoms with van der Waals surface area (Å²) < 4.78 is 5.43. The molecule has 2 aromatic rings. The van der Waals surface area contributed by atoms with Gasteiger partial charge < -0.3 is 15.1 Å². The lowest BCUT2D eigenvalue weighted by atomic mass is 10.2. The molecular weight excluding hydrogens is 240 g/mol. The fourth-order valence-electron chi connectivity index (χ4n) is 2.63. The van der Waals surface area contributed by atoms with E-state index >= 15 is 0 Å². The highest BCUT2D eigenvalue weighted by Crippen LogP contribution is 2.25. The van der Waals surface area contributed by atoms with Gasteiger partial charge in [0.15, 0.2) is 0 Å². The number of nitrogens with zero attached hydrogens (tertiary/aromatic N) is 3. The smallest absolute Gasteiger partial charge is 0.139 e. The van der Waals surface area contributed by atoms with E-state index in [1.807, 2.05) is 18.3 Å². The van der Waals surface area contributed by atoms with Crippen molar-refractivity contribution in [1.82, 2.24) is 9.88 Å². The summed E-state index contributed by atoms with van der Waals surface area (Å²) in [7, 11) is 0. The normalized spacial score (nSPS) is 17.2. The van der Waals surface area contributed by atoms with Crippen molar-refractivity contribution in [3.63, 3.8) is 0 Å².